The van der Waals surface area contributed by atoms with Gasteiger partial charge in [-0.05, 0) is 36.7 Å². The summed E-state index contributed by atoms with van der Waals surface area (Å²) >= 11 is 15.6. The Kier molecular flexibility index (Phi) is 6.30. The van der Waals surface area contributed by atoms with E-state index in [4.69, 9.17) is 27.9 Å². The molecule has 0 fully saturated rings. The summed E-state index contributed by atoms with van der Waals surface area (Å²) in [5, 5.41) is 4.44. The molecule has 21 heavy (non-hydrogen) atoms. The number of halogens is 3. The summed E-state index contributed by atoms with van der Waals surface area (Å²) < 4.78 is 6.61. The first-order chi connectivity index (χ1) is 10.1. The quantitative estimate of drug-likeness (QED) is 0.667. The van der Waals surface area contributed by atoms with Gasteiger partial charge in [0.15, 0.2) is 0 Å². The highest BCUT2D eigenvalue weighted by molar-refractivity contribution is 9.10. The molecule has 0 aliphatic carbocycles. The Balaban J connectivity index is 2.14. The van der Waals surface area contributed by atoms with Crippen LogP contribution in [-0.2, 0) is 6.54 Å². The van der Waals surface area contributed by atoms with Crippen LogP contribution in [0.25, 0.3) is 0 Å². The Hall–Kier alpha value is -0.810. The van der Waals surface area contributed by atoms with Gasteiger partial charge >= 0.3 is 0 Å². The third kappa shape index (κ3) is 4.85. The van der Waals surface area contributed by atoms with Gasteiger partial charge in [-0.25, -0.2) is 4.98 Å². The van der Waals surface area contributed by atoms with E-state index >= 15 is 0 Å². The third-order valence-electron chi connectivity index (χ3n) is 2.76. The monoisotopic (exact) mass is 388 g/mol. The van der Waals surface area contributed by atoms with Crippen LogP contribution in [0.4, 0.5) is 0 Å². The zero-order valence-electron chi connectivity index (χ0n) is 11.5. The average Bonchev–Trinajstić information content (AvgIpc) is 2.45. The number of pyridine rings is 1. The summed E-state index contributed by atoms with van der Waals surface area (Å²) in [6.07, 6.45) is 2.66. The summed E-state index contributed by atoms with van der Waals surface area (Å²) in [4.78, 5) is 4.17. The minimum Gasteiger partial charge on any atom is -0.437 e. The molecule has 0 saturated carbocycles. The van der Waals surface area contributed by atoms with E-state index in [9.17, 15) is 0 Å². The number of nitrogens with one attached hydrogen (secondary N) is 1. The normalized spacial score (nSPS) is 10.7. The van der Waals surface area contributed by atoms with E-state index in [0.717, 1.165) is 23.0 Å². The van der Waals surface area contributed by atoms with Crippen LogP contribution >= 0.6 is 39.1 Å². The molecule has 0 aliphatic heterocycles. The smallest absolute Gasteiger partial charge is 0.219 e. The molecule has 1 aromatic carbocycles. The molecule has 0 saturated heterocycles. The number of rotatable bonds is 6. The molecule has 0 bridgehead atoms. The Morgan fingerprint density at radius 2 is 2.05 bits per heavy atom. The molecular formula is C15H15BrCl2N2O. The highest BCUT2D eigenvalue weighted by Gasteiger charge is 2.08. The second-order valence-electron chi connectivity index (χ2n) is 4.47. The highest BCUT2D eigenvalue weighted by atomic mass is 79.9. The van der Waals surface area contributed by atoms with Crippen LogP contribution in [0.15, 0.2) is 34.9 Å². The van der Waals surface area contributed by atoms with Gasteiger partial charge in [0.1, 0.15) is 5.75 Å². The van der Waals surface area contributed by atoms with Crippen molar-refractivity contribution in [1.82, 2.24) is 10.3 Å². The first kappa shape index (κ1) is 16.6. The molecular weight excluding hydrogens is 375 g/mol. The van der Waals surface area contributed by atoms with E-state index < -0.39 is 0 Å². The van der Waals surface area contributed by atoms with Gasteiger partial charge in [-0.2, -0.15) is 0 Å². The Morgan fingerprint density at radius 3 is 2.76 bits per heavy atom. The number of benzene rings is 1. The zero-order valence-corrected chi connectivity index (χ0v) is 14.6. The van der Waals surface area contributed by atoms with Crippen molar-refractivity contribution in [3.05, 3.63) is 50.5 Å². The fourth-order valence-electron chi connectivity index (χ4n) is 1.72. The predicted molar refractivity (Wildman–Crippen MR) is 90.5 cm³/mol. The lowest BCUT2D eigenvalue weighted by Crippen LogP contribution is -2.14. The lowest BCUT2D eigenvalue weighted by molar-refractivity contribution is 0.462. The summed E-state index contributed by atoms with van der Waals surface area (Å²) in [5.41, 5.74) is 0.948. The maximum Gasteiger partial charge on any atom is 0.219 e. The minimum absolute atomic E-state index is 0.469. The van der Waals surface area contributed by atoms with Gasteiger partial charge in [0.25, 0.3) is 0 Å². The third-order valence-corrected chi connectivity index (χ3v) is 3.89. The molecule has 1 N–H and O–H groups in total. The first-order valence-electron chi connectivity index (χ1n) is 6.58. The molecule has 0 radical (unpaired) electrons. The topological polar surface area (TPSA) is 34.1 Å². The Labute approximate surface area is 142 Å². The number of nitrogens with zero attached hydrogens (tertiary/aromatic N) is 1. The standard InChI is InChI=1S/C15H15BrCl2N2O/c1-2-5-19-8-10-6-15(20-9-13(10)18)21-14-4-3-11(16)7-12(14)17/h3-4,6-7,9,19H,2,5,8H2,1H3. The molecule has 6 heteroatoms. The lowest BCUT2D eigenvalue weighted by Gasteiger charge is -2.10. The fourth-order valence-corrected chi connectivity index (χ4v) is 2.60. The summed E-state index contributed by atoms with van der Waals surface area (Å²) in [5.74, 6) is 1.03. The second kappa shape index (κ2) is 7.99. The first-order valence-corrected chi connectivity index (χ1v) is 8.13. The van der Waals surface area contributed by atoms with Gasteiger partial charge in [0.2, 0.25) is 5.88 Å². The van der Waals surface area contributed by atoms with Crippen LogP contribution in [0.5, 0.6) is 11.6 Å². The maximum absolute atomic E-state index is 6.14. The molecule has 0 atom stereocenters. The lowest BCUT2D eigenvalue weighted by atomic mass is 10.2. The number of ether oxygens (including phenoxy) is 1. The molecule has 2 aromatic rings. The van der Waals surface area contributed by atoms with Gasteiger partial charge in [0.05, 0.1) is 10.0 Å². The molecule has 1 aromatic heterocycles. The van der Waals surface area contributed by atoms with Crippen LogP contribution < -0.4 is 10.1 Å². The number of hydrogen-bond acceptors (Lipinski definition) is 3. The van der Waals surface area contributed by atoms with E-state index in [1.54, 1.807) is 18.3 Å². The maximum atomic E-state index is 6.14. The van der Waals surface area contributed by atoms with Crippen LogP contribution in [-0.4, -0.2) is 11.5 Å². The molecule has 0 spiro atoms. The van der Waals surface area contributed by atoms with Gasteiger partial charge in [-0.1, -0.05) is 46.1 Å². The van der Waals surface area contributed by atoms with Crippen molar-refractivity contribution in [2.24, 2.45) is 0 Å². The van der Waals surface area contributed by atoms with E-state index in [-0.39, 0.29) is 0 Å². The van der Waals surface area contributed by atoms with Crippen molar-refractivity contribution in [3.8, 4) is 11.6 Å². The Morgan fingerprint density at radius 1 is 1.24 bits per heavy atom. The van der Waals surface area contributed by atoms with Gasteiger partial charge in [-0.3, -0.25) is 0 Å². The summed E-state index contributed by atoms with van der Waals surface area (Å²) in [6.45, 7) is 3.73. The summed E-state index contributed by atoms with van der Waals surface area (Å²) in [7, 11) is 0. The minimum atomic E-state index is 0.469. The molecule has 2 rings (SSSR count). The highest BCUT2D eigenvalue weighted by Crippen LogP contribution is 2.31. The molecule has 112 valence electrons. The van der Waals surface area contributed by atoms with Crippen molar-refractivity contribution >= 4 is 39.1 Å². The number of hydrogen-bond donors (Lipinski definition) is 1. The largest absolute Gasteiger partial charge is 0.437 e. The van der Waals surface area contributed by atoms with Gasteiger partial charge in [-0.15, -0.1) is 0 Å². The fraction of sp³-hybridized carbons (Fsp3) is 0.267. The molecule has 1 heterocycles. The van der Waals surface area contributed by atoms with E-state index in [2.05, 4.69) is 33.2 Å². The van der Waals surface area contributed by atoms with Crippen LogP contribution in [0.3, 0.4) is 0 Å². The average molecular weight is 390 g/mol. The van der Waals surface area contributed by atoms with Crippen molar-refractivity contribution in [2.45, 2.75) is 19.9 Å². The predicted octanol–water partition coefficient (Wildman–Crippen LogP) is 5.44. The zero-order chi connectivity index (χ0) is 15.2. The van der Waals surface area contributed by atoms with Crippen molar-refractivity contribution in [1.29, 1.82) is 0 Å². The van der Waals surface area contributed by atoms with Crippen LogP contribution in [0, 0.1) is 0 Å². The van der Waals surface area contributed by atoms with E-state index in [1.165, 1.54) is 0 Å². The summed E-state index contributed by atoms with van der Waals surface area (Å²) in [6, 6.07) is 7.25. The Bertz CT molecular complexity index is 623. The molecule has 0 unspecified atom stereocenters. The van der Waals surface area contributed by atoms with E-state index in [1.807, 2.05) is 12.1 Å². The molecule has 0 amide bonds. The SMILES string of the molecule is CCCNCc1cc(Oc2ccc(Br)cc2Cl)ncc1Cl. The number of aromatic nitrogens is 1. The van der Waals surface area contributed by atoms with Crippen molar-refractivity contribution in [2.75, 3.05) is 6.54 Å². The van der Waals surface area contributed by atoms with Crippen LogP contribution in [0.1, 0.15) is 18.9 Å². The van der Waals surface area contributed by atoms with Gasteiger partial charge in [0, 0.05) is 23.3 Å². The van der Waals surface area contributed by atoms with Crippen molar-refractivity contribution < 1.29 is 4.74 Å². The molecule has 0 aliphatic rings. The van der Waals surface area contributed by atoms with Crippen LogP contribution in [0.2, 0.25) is 10.0 Å². The van der Waals surface area contributed by atoms with Crippen molar-refractivity contribution in [3.63, 3.8) is 0 Å². The van der Waals surface area contributed by atoms with E-state index in [0.29, 0.717) is 28.2 Å². The molecule has 3 nitrogen and oxygen atoms in total. The van der Waals surface area contributed by atoms with Gasteiger partial charge < -0.3 is 10.1 Å². The second-order valence-corrected chi connectivity index (χ2v) is 6.20.